The average Bonchev–Trinajstić information content (AvgIpc) is 2.77. The van der Waals surface area contributed by atoms with Crippen LogP contribution < -0.4 is 10.1 Å². The number of ether oxygens (including phenoxy) is 1. The first kappa shape index (κ1) is 16.8. The van der Waals surface area contributed by atoms with Gasteiger partial charge in [-0.3, -0.25) is 4.79 Å². The van der Waals surface area contributed by atoms with Crippen LogP contribution in [-0.2, 0) is 4.79 Å². The van der Waals surface area contributed by atoms with E-state index in [0.29, 0.717) is 11.3 Å². The lowest BCUT2D eigenvalue weighted by molar-refractivity contribution is -0.130. The standard InChI is InChI=1S/C18H16N4O3/c1-11-17(10-21)15(23)22-18(11,24)7-14(16(17,8-19)9-20)12-3-5-13(25-2)6-4-12/h3-6,11,14,24H,7H2,1-2H3,(H,22,23)/t11-,14+,17+,18+/m1/s1. The molecular weight excluding hydrogens is 320 g/mol. The van der Waals surface area contributed by atoms with Gasteiger partial charge in [-0.15, -0.1) is 0 Å². The topological polar surface area (TPSA) is 130 Å². The minimum Gasteiger partial charge on any atom is -0.497 e. The van der Waals surface area contributed by atoms with Gasteiger partial charge in [-0.1, -0.05) is 19.1 Å². The summed E-state index contributed by atoms with van der Waals surface area (Å²) in [6.07, 6.45) is -0.0310. The summed E-state index contributed by atoms with van der Waals surface area (Å²) in [5, 5.41) is 43.0. The van der Waals surface area contributed by atoms with Crippen molar-refractivity contribution >= 4 is 5.91 Å². The summed E-state index contributed by atoms with van der Waals surface area (Å²) in [5.74, 6) is -1.89. The minimum absolute atomic E-state index is 0.0310. The van der Waals surface area contributed by atoms with Crippen molar-refractivity contribution in [1.29, 1.82) is 15.8 Å². The first-order valence-corrected chi connectivity index (χ1v) is 7.78. The Morgan fingerprint density at radius 3 is 2.28 bits per heavy atom. The van der Waals surface area contributed by atoms with Gasteiger partial charge in [0.25, 0.3) is 0 Å². The summed E-state index contributed by atoms with van der Waals surface area (Å²) >= 11 is 0. The summed E-state index contributed by atoms with van der Waals surface area (Å²) in [6.45, 7) is 1.52. The van der Waals surface area contributed by atoms with Crippen LogP contribution in [-0.4, -0.2) is 23.8 Å². The predicted octanol–water partition coefficient (Wildman–Crippen LogP) is 1.18. The Morgan fingerprint density at radius 1 is 1.20 bits per heavy atom. The largest absolute Gasteiger partial charge is 0.497 e. The second-order valence-corrected chi connectivity index (χ2v) is 6.58. The quantitative estimate of drug-likeness (QED) is 0.834. The molecule has 1 aliphatic heterocycles. The van der Waals surface area contributed by atoms with Gasteiger partial charge in [-0.25, -0.2) is 0 Å². The fourth-order valence-electron chi connectivity index (χ4n) is 4.24. The number of rotatable bonds is 2. The van der Waals surface area contributed by atoms with E-state index >= 15 is 0 Å². The Labute approximate surface area is 145 Å². The lowest BCUT2D eigenvalue weighted by Crippen LogP contribution is -2.57. The molecule has 2 N–H and O–H groups in total. The average molecular weight is 336 g/mol. The Balaban J connectivity index is 2.26. The van der Waals surface area contributed by atoms with Crippen molar-refractivity contribution in [2.45, 2.75) is 25.0 Å². The summed E-state index contributed by atoms with van der Waals surface area (Å²) in [6, 6.07) is 12.5. The number of nitrogens with zero attached hydrogens (tertiary/aromatic N) is 3. The first-order chi connectivity index (χ1) is 11.8. The Hall–Kier alpha value is -3.08. The number of nitriles is 3. The van der Waals surface area contributed by atoms with E-state index in [0.717, 1.165) is 0 Å². The fourth-order valence-corrected chi connectivity index (χ4v) is 4.24. The molecule has 2 fully saturated rings. The van der Waals surface area contributed by atoms with Crippen molar-refractivity contribution in [3.05, 3.63) is 29.8 Å². The smallest absolute Gasteiger partial charge is 0.245 e. The van der Waals surface area contributed by atoms with E-state index in [1.807, 2.05) is 18.2 Å². The molecule has 0 spiro atoms. The molecule has 1 aromatic carbocycles. The second kappa shape index (κ2) is 5.21. The Bertz CT molecular complexity index is 846. The van der Waals surface area contributed by atoms with E-state index in [1.54, 1.807) is 24.3 Å². The number of fused-ring (bicyclic) bond motifs is 2. The third-order valence-electron chi connectivity index (χ3n) is 5.76. The number of methoxy groups -OCH3 is 1. The van der Waals surface area contributed by atoms with E-state index in [2.05, 4.69) is 5.32 Å². The van der Waals surface area contributed by atoms with Crippen LogP contribution in [0.2, 0.25) is 0 Å². The maximum Gasteiger partial charge on any atom is 0.245 e. The van der Waals surface area contributed by atoms with Gasteiger partial charge in [-0.2, -0.15) is 15.8 Å². The van der Waals surface area contributed by atoms with Crippen LogP contribution in [0.3, 0.4) is 0 Å². The number of hydrogen-bond acceptors (Lipinski definition) is 6. The maximum atomic E-state index is 12.6. The molecule has 1 saturated carbocycles. The van der Waals surface area contributed by atoms with Crippen molar-refractivity contribution in [1.82, 2.24) is 5.32 Å². The highest BCUT2D eigenvalue weighted by Gasteiger charge is 2.77. The molecule has 1 saturated heterocycles. The van der Waals surface area contributed by atoms with Gasteiger partial charge in [0.1, 0.15) is 11.5 Å². The summed E-state index contributed by atoms with van der Waals surface area (Å²) < 4.78 is 5.11. The zero-order valence-electron chi connectivity index (χ0n) is 13.8. The van der Waals surface area contributed by atoms with E-state index in [1.165, 1.54) is 14.0 Å². The first-order valence-electron chi connectivity index (χ1n) is 7.78. The molecule has 7 nitrogen and oxygen atoms in total. The van der Waals surface area contributed by atoms with Crippen LogP contribution in [0.5, 0.6) is 5.75 Å². The SMILES string of the molecule is COc1ccc([C@@H]2C[C@@]3(O)NC(=O)[C@](C#N)([C@H]3C)C2(C#N)C#N)cc1. The van der Waals surface area contributed by atoms with Gasteiger partial charge in [0.05, 0.1) is 25.3 Å². The fraction of sp³-hybridized carbons (Fsp3) is 0.444. The van der Waals surface area contributed by atoms with Crippen molar-refractivity contribution in [2.75, 3.05) is 7.11 Å². The van der Waals surface area contributed by atoms with Crippen molar-refractivity contribution < 1.29 is 14.6 Å². The van der Waals surface area contributed by atoms with E-state index in [-0.39, 0.29) is 6.42 Å². The Kier molecular flexibility index (Phi) is 3.49. The Morgan fingerprint density at radius 2 is 1.80 bits per heavy atom. The lowest BCUT2D eigenvalue weighted by atomic mass is 9.48. The van der Waals surface area contributed by atoms with Gasteiger partial charge >= 0.3 is 0 Å². The number of carbonyl (C=O) groups excluding carboxylic acids is 1. The zero-order valence-corrected chi connectivity index (χ0v) is 13.8. The summed E-state index contributed by atoms with van der Waals surface area (Å²) in [4.78, 5) is 12.6. The molecule has 1 heterocycles. The highest BCUT2D eigenvalue weighted by molar-refractivity contribution is 5.92. The van der Waals surface area contributed by atoms with Crippen LogP contribution in [0.4, 0.5) is 0 Å². The van der Waals surface area contributed by atoms with Crippen molar-refractivity contribution in [3.8, 4) is 24.0 Å². The molecule has 3 rings (SSSR count). The molecule has 25 heavy (non-hydrogen) atoms. The zero-order chi connectivity index (χ0) is 18.5. The molecule has 126 valence electrons. The number of nitrogens with one attached hydrogen (secondary N) is 1. The number of benzene rings is 1. The van der Waals surface area contributed by atoms with Gasteiger partial charge in [0.2, 0.25) is 5.91 Å². The molecule has 7 heteroatoms. The lowest BCUT2D eigenvalue weighted by Gasteiger charge is -2.48. The van der Waals surface area contributed by atoms with E-state index in [9.17, 15) is 25.7 Å². The van der Waals surface area contributed by atoms with E-state index in [4.69, 9.17) is 4.74 Å². The third kappa shape index (κ3) is 1.78. The van der Waals surface area contributed by atoms with E-state index < -0.39 is 34.3 Å². The maximum absolute atomic E-state index is 12.6. The third-order valence-corrected chi connectivity index (χ3v) is 5.76. The number of hydrogen-bond donors (Lipinski definition) is 2. The molecule has 1 amide bonds. The normalized spacial score (nSPS) is 35.0. The van der Waals surface area contributed by atoms with Crippen LogP contribution in [0, 0.1) is 50.7 Å². The van der Waals surface area contributed by atoms with Crippen LogP contribution in [0.1, 0.15) is 24.8 Å². The molecule has 1 aliphatic carbocycles. The number of amides is 1. The molecule has 2 aliphatic rings. The molecular formula is C18H16N4O3. The minimum atomic E-state index is -1.95. The van der Waals surface area contributed by atoms with Crippen LogP contribution in [0.25, 0.3) is 0 Å². The predicted molar refractivity (Wildman–Crippen MR) is 84.3 cm³/mol. The number of aliphatic hydroxyl groups is 1. The molecule has 2 bridgehead atoms. The highest BCUT2D eigenvalue weighted by Crippen LogP contribution is 2.64. The summed E-state index contributed by atoms with van der Waals surface area (Å²) in [5.41, 5.74) is -4.92. The molecule has 0 radical (unpaired) electrons. The molecule has 1 aromatic rings. The van der Waals surface area contributed by atoms with Crippen LogP contribution in [0.15, 0.2) is 24.3 Å². The van der Waals surface area contributed by atoms with Gasteiger partial charge in [0.15, 0.2) is 10.8 Å². The summed E-state index contributed by atoms with van der Waals surface area (Å²) in [7, 11) is 1.52. The molecule has 0 unspecified atom stereocenters. The molecule has 4 atom stereocenters. The second-order valence-electron chi connectivity index (χ2n) is 6.58. The van der Waals surface area contributed by atoms with Crippen molar-refractivity contribution in [2.24, 2.45) is 16.7 Å². The monoisotopic (exact) mass is 336 g/mol. The van der Waals surface area contributed by atoms with Gasteiger partial charge in [0, 0.05) is 18.3 Å². The van der Waals surface area contributed by atoms with Gasteiger partial charge in [-0.05, 0) is 17.7 Å². The van der Waals surface area contributed by atoms with Gasteiger partial charge < -0.3 is 15.2 Å². The highest BCUT2D eigenvalue weighted by atomic mass is 16.5. The van der Waals surface area contributed by atoms with Crippen molar-refractivity contribution in [3.63, 3.8) is 0 Å². The number of carbonyl (C=O) groups is 1. The molecule has 0 aromatic heterocycles. The van der Waals surface area contributed by atoms with Crippen LogP contribution >= 0.6 is 0 Å².